The second kappa shape index (κ2) is 7.35. The average Bonchev–Trinajstić information content (AvgIpc) is 2.32. The van der Waals surface area contributed by atoms with Crippen LogP contribution >= 0.6 is 11.8 Å². The number of aryl methyl sites for hydroxylation is 1. The number of anilines is 1. The van der Waals surface area contributed by atoms with Gasteiger partial charge in [-0.05, 0) is 25.5 Å². The summed E-state index contributed by atoms with van der Waals surface area (Å²) < 4.78 is 0. The van der Waals surface area contributed by atoms with Gasteiger partial charge in [-0.15, -0.1) is 0 Å². The summed E-state index contributed by atoms with van der Waals surface area (Å²) in [6.45, 7) is 4.07. The molecule has 1 rings (SSSR count). The van der Waals surface area contributed by atoms with E-state index in [1.165, 1.54) is 5.56 Å². The maximum atomic E-state index is 11.6. The number of benzene rings is 1. The van der Waals surface area contributed by atoms with Gasteiger partial charge in [0, 0.05) is 17.5 Å². The van der Waals surface area contributed by atoms with Crippen LogP contribution in [0.25, 0.3) is 0 Å². The standard InChI is InChI=1S/C13H20N2OS/c1-3-11(14)8-17-9-13(16)15-12-6-4-10(2)5-7-12/h4-7,11H,3,8-9,14H2,1-2H3,(H,15,16). The van der Waals surface area contributed by atoms with Crippen molar-refractivity contribution in [2.75, 3.05) is 16.8 Å². The van der Waals surface area contributed by atoms with Gasteiger partial charge < -0.3 is 11.1 Å². The van der Waals surface area contributed by atoms with E-state index in [4.69, 9.17) is 5.73 Å². The third kappa shape index (κ3) is 5.75. The van der Waals surface area contributed by atoms with Gasteiger partial charge in [0.05, 0.1) is 5.75 Å². The molecule has 4 heteroatoms. The first-order chi connectivity index (χ1) is 8.11. The van der Waals surface area contributed by atoms with Gasteiger partial charge in [0.2, 0.25) is 5.91 Å². The van der Waals surface area contributed by atoms with E-state index in [-0.39, 0.29) is 11.9 Å². The fourth-order valence-corrected chi connectivity index (χ4v) is 2.17. The van der Waals surface area contributed by atoms with Crippen molar-refractivity contribution >= 4 is 23.4 Å². The van der Waals surface area contributed by atoms with Crippen LogP contribution in [0.3, 0.4) is 0 Å². The number of nitrogens with two attached hydrogens (primary N) is 1. The molecule has 1 unspecified atom stereocenters. The van der Waals surface area contributed by atoms with E-state index in [1.807, 2.05) is 31.2 Å². The quantitative estimate of drug-likeness (QED) is 0.817. The lowest BCUT2D eigenvalue weighted by Crippen LogP contribution is -2.23. The Kier molecular flexibility index (Phi) is 6.08. The molecule has 1 amide bonds. The molecule has 0 aliphatic heterocycles. The van der Waals surface area contributed by atoms with Crippen molar-refractivity contribution in [2.45, 2.75) is 26.3 Å². The van der Waals surface area contributed by atoms with E-state index in [2.05, 4.69) is 12.2 Å². The molecule has 1 atom stereocenters. The lowest BCUT2D eigenvalue weighted by atomic mass is 10.2. The second-order valence-electron chi connectivity index (χ2n) is 4.10. The first kappa shape index (κ1) is 14.1. The molecule has 0 saturated heterocycles. The fourth-order valence-electron chi connectivity index (χ4n) is 1.25. The van der Waals surface area contributed by atoms with Crippen molar-refractivity contribution in [3.05, 3.63) is 29.8 Å². The number of amides is 1. The van der Waals surface area contributed by atoms with Crippen molar-refractivity contribution < 1.29 is 4.79 Å². The highest BCUT2D eigenvalue weighted by atomic mass is 32.2. The molecule has 0 spiro atoms. The lowest BCUT2D eigenvalue weighted by molar-refractivity contribution is -0.113. The predicted molar refractivity (Wildman–Crippen MR) is 75.4 cm³/mol. The van der Waals surface area contributed by atoms with Crippen molar-refractivity contribution in [1.29, 1.82) is 0 Å². The molecule has 1 aromatic rings. The summed E-state index contributed by atoms with van der Waals surface area (Å²) >= 11 is 1.58. The summed E-state index contributed by atoms with van der Waals surface area (Å²) in [6, 6.07) is 7.98. The summed E-state index contributed by atoms with van der Waals surface area (Å²) in [6.07, 6.45) is 0.951. The lowest BCUT2D eigenvalue weighted by Gasteiger charge is -2.08. The maximum Gasteiger partial charge on any atom is 0.234 e. The zero-order valence-corrected chi connectivity index (χ0v) is 11.2. The van der Waals surface area contributed by atoms with Crippen LogP contribution < -0.4 is 11.1 Å². The normalized spacial score (nSPS) is 12.2. The number of carbonyl (C=O) groups excluding carboxylic acids is 1. The van der Waals surface area contributed by atoms with E-state index in [9.17, 15) is 4.79 Å². The Labute approximate surface area is 107 Å². The number of thioether (sulfide) groups is 1. The Morgan fingerprint density at radius 2 is 2.06 bits per heavy atom. The monoisotopic (exact) mass is 252 g/mol. The molecular weight excluding hydrogens is 232 g/mol. The molecule has 0 saturated carbocycles. The zero-order chi connectivity index (χ0) is 12.7. The van der Waals surface area contributed by atoms with Gasteiger partial charge in [-0.2, -0.15) is 11.8 Å². The van der Waals surface area contributed by atoms with Gasteiger partial charge in [-0.3, -0.25) is 4.79 Å². The first-order valence-corrected chi connectivity index (χ1v) is 6.97. The van der Waals surface area contributed by atoms with Gasteiger partial charge in [0.25, 0.3) is 0 Å². The maximum absolute atomic E-state index is 11.6. The topological polar surface area (TPSA) is 55.1 Å². The molecule has 0 aliphatic carbocycles. The van der Waals surface area contributed by atoms with Crippen LogP contribution in [-0.4, -0.2) is 23.5 Å². The Hall–Kier alpha value is -1.00. The van der Waals surface area contributed by atoms with E-state index in [1.54, 1.807) is 11.8 Å². The number of hydrogen-bond donors (Lipinski definition) is 2. The van der Waals surface area contributed by atoms with E-state index in [0.29, 0.717) is 5.75 Å². The van der Waals surface area contributed by atoms with Crippen molar-refractivity contribution in [3.8, 4) is 0 Å². The summed E-state index contributed by atoms with van der Waals surface area (Å²) in [7, 11) is 0. The van der Waals surface area contributed by atoms with Gasteiger partial charge in [-0.1, -0.05) is 24.6 Å². The van der Waals surface area contributed by atoms with E-state index < -0.39 is 0 Å². The van der Waals surface area contributed by atoms with Crippen LogP contribution in [0.1, 0.15) is 18.9 Å². The number of carbonyl (C=O) groups is 1. The summed E-state index contributed by atoms with van der Waals surface area (Å²) in [5.74, 6) is 1.32. The molecule has 3 N–H and O–H groups in total. The molecule has 3 nitrogen and oxygen atoms in total. The zero-order valence-electron chi connectivity index (χ0n) is 10.4. The van der Waals surface area contributed by atoms with Gasteiger partial charge >= 0.3 is 0 Å². The summed E-state index contributed by atoms with van der Waals surface area (Å²) in [5, 5.41) is 2.86. The fraction of sp³-hybridized carbons (Fsp3) is 0.462. The highest BCUT2D eigenvalue weighted by molar-refractivity contribution is 8.00. The van der Waals surface area contributed by atoms with Crippen LogP contribution in [0.2, 0.25) is 0 Å². The molecular formula is C13H20N2OS. The van der Waals surface area contributed by atoms with Crippen LogP contribution in [0.4, 0.5) is 5.69 Å². The van der Waals surface area contributed by atoms with Gasteiger partial charge in [0.15, 0.2) is 0 Å². The third-order valence-corrected chi connectivity index (χ3v) is 3.55. The Morgan fingerprint density at radius 3 is 2.65 bits per heavy atom. The third-order valence-electron chi connectivity index (χ3n) is 2.42. The highest BCUT2D eigenvalue weighted by Gasteiger charge is 2.04. The Balaban J connectivity index is 2.27. The Bertz CT molecular complexity index is 351. The predicted octanol–water partition coefficient (Wildman–Crippen LogP) is 2.40. The van der Waals surface area contributed by atoms with Crippen molar-refractivity contribution in [3.63, 3.8) is 0 Å². The largest absolute Gasteiger partial charge is 0.327 e. The van der Waals surface area contributed by atoms with E-state index >= 15 is 0 Å². The van der Waals surface area contributed by atoms with Gasteiger partial charge in [0.1, 0.15) is 0 Å². The van der Waals surface area contributed by atoms with Crippen LogP contribution in [0.5, 0.6) is 0 Å². The van der Waals surface area contributed by atoms with Crippen molar-refractivity contribution in [1.82, 2.24) is 0 Å². The molecule has 0 fully saturated rings. The molecule has 0 bridgehead atoms. The molecule has 17 heavy (non-hydrogen) atoms. The minimum atomic E-state index is 0.0298. The average molecular weight is 252 g/mol. The summed E-state index contributed by atoms with van der Waals surface area (Å²) in [5.41, 5.74) is 7.81. The Morgan fingerprint density at radius 1 is 1.41 bits per heavy atom. The number of hydrogen-bond acceptors (Lipinski definition) is 3. The molecule has 0 radical (unpaired) electrons. The highest BCUT2D eigenvalue weighted by Crippen LogP contribution is 2.10. The molecule has 0 aliphatic rings. The van der Waals surface area contributed by atoms with Crippen LogP contribution in [0, 0.1) is 6.92 Å². The number of nitrogens with one attached hydrogen (secondary N) is 1. The smallest absolute Gasteiger partial charge is 0.234 e. The van der Waals surface area contributed by atoms with Crippen LogP contribution in [-0.2, 0) is 4.79 Å². The van der Waals surface area contributed by atoms with E-state index in [0.717, 1.165) is 17.9 Å². The molecule has 0 aromatic heterocycles. The summed E-state index contributed by atoms with van der Waals surface area (Å²) in [4.78, 5) is 11.6. The molecule has 94 valence electrons. The number of rotatable bonds is 6. The molecule has 1 aromatic carbocycles. The van der Waals surface area contributed by atoms with Crippen LogP contribution in [0.15, 0.2) is 24.3 Å². The molecule has 0 heterocycles. The minimum absolute atomic E-state index is 0.0298. The van der Waals surface area contributed by atoms with Crippen molar-refractivity contribution in [2.24, 2.45) is 5.73 Å². The SMILES string of the molecule is CCC(N)CSCC(=O)Nc1ccc(C)cc1. The minimum Gasteiger partial charge on any atom is -0.327 e. The van der Waals surface area contributed by atoms with Gasteiger partial charge in [-0.25, -0.2) is 0 Å². The second-order valence-corrected chi connectivity index (χ2v) is 5.13. The first-order valence-electron chi connectivity index (χ1n) is 5.81.